The molecule has 1 aliphatic carbocycles. The van der Waals surface area contributed by atoms with Gasteiger partial charge >= 0.3 is 0 Å². The molecule has 3 aliphatic rings. The summed E-state index contributed by atoms with van der Waals surface area (Å²) in [6, 6.07) is 0.575. The minimum atomic E-state index is -0.521. The van der Waals surface area contributed by atoms with Crippen molar-refractivity contribution in [3.8, 4) is 0 Å². The van der Waals surface area contributed by atoms with Gasteiger partial charge < -0.3 is 20.1 Å². The van der Waals surface area contributed by atoms with Crippen LogP contribution in [-0.2, 0) is 4.74 Å². The summed E-state index contributed by atoms with van der Waals surface area (Å²) < 4.78 is 6.18. The van der Waals surface area contributed by atoms with Crippen molar-refractivity contribution in [2.24, 2.45) is 0 Å². The molecule has 4 heteroatoms. The minimum absolute atomic E-state index is 0.159. The van der Waals surface area contributed by atoms with Crippen LogP contribution in [0.25, 0.3) is 0 Å². The topological polar surface area (TPSA) is 44.7 Å². The predicted octanol–water partition coefficient (Wildman–Crippen LogP) is 1.52. The van der Waals surface area contributed by atoms with Crippen LogP contribution < -0.4 is 5.32 Å². The fourth-order valence-corrected chi connectivity index (χ4v) is 4.38. The summed E-state index contributed by atoms with van der Waals surface area (Å²) in [5.41, 5.74) is -0.362. The number of rotatable bonds is 3. The Bertz CT molecular complexity index is 317. The lowest BCUT2D eigenvalue weighted by Crippen LogP contribution is -2.52. The predicted molar refractivity (Wildman–Crippen MR) is 79.9 cm³/mol. The zero-order chi connectivity index (χ0) is 14.1. The molecule has 2 saturated heterocycles. The zero-order valence-corrected chi connectivity index (χ0v) is 12.9. The summed E-state index contributed by atoms with van der Waals surface area (Å²) in [7, 11) is 2.18. The van der Waals surface area contributed by atoms with Crippen molar-refractivity contribution >= 4 is 0 Å². The van der Waals surface area contributed by atoms with Gasteiger partial charge in [-0.2, -0.15) is 0 Å². The molecule has 2 atom stereocenters. The van der Waals surface area contributed by atoms with Crippen LogP contribution in [0.3, 0.4) is 0 Å². The summed E-state index contributed by atoms with van der Waals surface area (Å²) in [5.74, 6) is 0. The van der Waals surface area contributed by atoms with E-state index >= 15 is 0 Å². The first-order chi connectivity index (χ1) is 9.61. The number of aliphatic hydroxyl groups is 1. The van der Waals surface area contributed by atoms with Crippen LogP contribution in [0.1, 0.15) is 51.4 Å². The molecular formula is C16H30N2O2. The Labute approximate surface area is 122 Å². The van der Waals surface area contributed by atoms with Crippen molar-refractivity contribution in [3.05, 3.63) is 0 Å². The lowest BCUT2D eigenvalue weighted by Gasteiger charge is -2.46. The summed E-state index contributed by atoms with van der Waals surface area (Å²) in [6.07, 6.45) is 9.65. The minimum Gasteiger partial charge on any atom is -0.387 e. The molecule has 1 saturated carbocycles. The van der Waals surface area contributed by atoms with E-state index < -0.39 is 5.60 Å². The van der Waals surface area contributed by atoms with Crippen molar-refractivity contribution in [1.29, 1.82) is 0 Å². The molecule has 3 rings (SSSR count). The van der Waals surface area contributed by atoms with Gasteiger partial charge in [-0.3, -0.25) is 0 Å². The summed E-state index contributed by atoms with van der Waals surface area (Å²) >= 11 is 0. The van der Waals surface area contributed by atoms with Crippen LogP contribution in [0.2, 0.25) is 0 Å². The largest absolute Gasteiger partial charge is 0.387 e. The molecule has 3 fully saturated rings. The molecular weight excluding hydrogens is 252 g/mol. The standard InChI is InChI=1S/C16H30N2O2/c1-18(13-15(19)8-9-17-12-15)14-5-10-20-16(11-14)6-3-2-4-7-16/h14,17,19H,2-13H2,1H3. The first-order valence-electron chi connectivity index (χ1n) is 8.38. The first kappa shape index (κ1) is 14.8. The van der Waals surface area contributed by atoms with Gasteiger partial charge in [-0.1, -0.05) is 19.3 Å². The second kappa shape index (κ2) is 5.91. The second-order valence-electron chi connectivity index (χ2n) is 7.30. The van der Waals surface area contributed by atoms with E-state index in [-0.39, 0.29) is 5.60 Å². The van der Waals surface area contributed by atoms with Gasteiger partial charge in [0.05, 0.1) is 11.2 Å². The first-order valence-corrected chi connectivity index (χ1v) is 8.38. The number of ether oxygens (including phenoxy) is 1. The Balaban J connectivity index is 1.58. The Hall–Kier alpha value is -0.160. The quantitative estimate of drug-likeness (QED) is 0.824. The van der Waals surface area contributed by atoms with Crippen LogP contribution in [0.4, 0.5) is 0 Å². The maximum Gasteiger partial charge on any atom is 0.0909 e. The average Bonchev–Trinajstić information content (AvgIpc) is 2.86. The zero-order valence-electron chi connectivity index (χ0n) is 12.9. The molecule has 0 radical (unpaired) electrons. The molecule has 20 heavy (non-hydrogen) atoms. The lowest BCUT2D eigenvalue weighted by atomic mass is 9.78. The molecule has 0 aromatic rings. The fraction of sp³-hybridized carbons (Fsp3) is 1.00. The van der Waals surface area contributed by atoms with Crippen LogP contribution in [0.15, 0.2) is 0 Å². The molecule has 2 aliphatic heterocycles. The smallest absolute Gasteiger partial charge is 0.0909 e. The van der Waals surface area contributed by atoms with Crippen molar-refractivity contribution in [3.63, 3.8) is 0 Å². The molecule has 2 heterocycles. The van der Waals surface area contributed by atoms with Gasteiger partial charge in [0.2, 0.25) is 0 Å². The van der Waals surface area contributed by atoms with Crippen LogP contribution in [0, 0.1) is 0 Å². The second-order valence-corrected chi connectivity index (χ2v) is 7.30. The van der Waals surface area contributed by atoms with Gasteiger partial charge in [-0.25, -0.2) is 0 Å². The van der Waals surface area contributed by atoms with Crippen LogP contribution >= 0.6 is 0 Å². The highest BCUT2D eigenvalue weighted by Gasteiger charge is 2.41. The van der Waals surface area contributed by atoms with Gasteiger partial charge in [0.15, 0.2) is 0 Å². The van der Waals surface area contributed by atoms with E-state index in [2.05, 4.69) is 17.3 Å². The van der Waals surface area contributed by atoms with E-state index in [1.54, 1.807) is 0 Å². The Kier molecular flexibility index (Phi) is 4.37. The van der Waals surface area contributed by atoms with Crippen molar-refractivity contribution in [2.45, 2.75) is 68.6 Å². The molecule has 4 nitrogen and oxygen atoms in total. The molecule has 1 spiro atoms. The molecule has 0 amide bonds. The van der Waals surface area contributed by atoms with E-state index in [1.165, 1.54) is 32.1 Å². The van der Waals surface area contributed by atoms with E-state index in [4.69, 9.17) is 4.74 Å². The Morgan fingerprint density at radius 1 is 1.25 bits per heavy atom. The van der Waals surface area contributed by atoms with Gasteiger partial charge in [0, 0.05) is 25.7 Å². The third-order valence-electron chi connectivity index (χ3n) is 5.62. The lowest BCUT2D eigenvalue weighted by molar-refractivity contribution is -0.126. The molecule has 0 aromatic carbocycles. The highest BCUT2D eigenvalue weighted by molar-refractivity contribution is 4.95. The SMILES string of the molecule is CN(CC1(O)CCNC1)C1CCOC2(CCCCC2)C1. The van der Waals surface area contributed by atoms with Crippen LogP contribution in [-0.4, -0.2) is 60.5 Å². The number of hydrogen-bond donors (Lipinski definition) is 2. The third-order valence-corrected chi connectivity index (χ3v) is 5.62. The normalized spacial score (nSPS) is 37.6. The number of likely N-dealkylation sites (N-methyl/N-ethyl adjacent to an activating group) is 1. The summed E-state index contributed by atoms with van der Waals surface area (Å²) in [5, 5.41) is 13.8. The van der Waals surface area contributed by atoms with Gasteiger partial charge in [-0.15, -0.1) is 0 Å². The van der Waals surface area contributed by atoms with Gasteiger partial charge in [0.1, 0.15) is 0 Å². The molecule has 0 aromatic heterocycles. The van der Waals surface area contributed by atoms with Gasteiger partial charge in [-0.05, 0) is 45.7 Å². The van der Waals surface area contributed by atoms with E-state index in [0.717, 1.165) is 45.5 Å². The third kappa shape index (κ3) is 3.19. The number of nitrogens with zero attached hydrogens (tertiary/aromatic N) is 1. The molecule has 0 bridgehead atoms. The van der Waals surface area contributed by atoms with Crippen molar-refractivity contribution in [2.75, 3.05) is 33.3 Å². The van der Waals surface area contributed by atoms with E-state index in [9.17, 15) is 5.11 Å². The van der Waals surface area contributed by atoms with Gasteiger partial charge in [0.25, 0.3) is 0 Å². The van der Waals surface area contributed by atoms with Crippen LogP contribution in [0.5, 0.6) is 0 Å². The summed E-state index contributed by atoms with van der Waals surface area (Å²) in [4.78, 5) is 2.39. The highest BCUT2D eigenvalue weighted by Crippen LogP contribution is 2.39. The fourth-order valence-electron chi connectivity index (χ4n) is 4.38. The maximum atomic E-state index is 10.6. The number of nitrogens with one attached hydrogen (secondary N) is 1. The Morgan fingerprint density at radius 2 is 2.05 bits per heavy atom. The van der Waals surface area contributed by atoms with E-state index in [0.29, 0.717) is 6.04 Å². The number of β-amino-alcohol motifs (C(OH)–C–C–N with tert-alkyl or cyclic N) is 1. The summed E-state index contributed by atoms with van der Waals surface area (Å²) in [6.45, 7) is 3.38. The van der Waals surface area contributed by atoms with Crippen molar-refractivity contribution in [1.82, 2.24) is 10.2 Å². The average molecular weight is 282 g/mol. The van der Waals surface area contributed by atoms with Crippen molar-refractivity contribution < 1.29 is 9.84 Å². The highest BCUT2D eigenvalue weighted by atomic mass is 16.5. The molecule has 116 valence electrons. The maximum absolute atomic E-state index is 10.6. The monoisotopic (exact) mass is 282 g/mol. The molecule has 2 unspecified atom stereocenters. The number of hydrogen-bond acceptors (Lipinski definition) is 4. The molecule has 2 N–H and O–H groups in total. The Morgan fingerprint density at radius 3 is 2.75 bits per heavy atom. The van der Waals surface area contributed by atoms with E-state index in [1.807, 2.05) is 0 Å².